The van der Waals surface area contributed by atoms with Gasteiger partial charge in [0.15, 0.2) is 11.5 Å². The number of hydrogen-bond donors (Lipinski definition) is 6. The van der Waals surface area contributed by atoms with Crippen LogP contribution in [0.1, 0.15) is 0 Å². The van der Waals surface area contributed by atoms with Crippen LogP contribution in [0.15, 0.2) is 66.7 Å². The van der Waals surface area contributed by atoms with Gasteiger partial charge >= 0.3 is 0 Å². The van der Waals surface area contributed by atoms with Crippen LogP contribution in [0.4, 0.5) is 11.4 Å². The van der Waals surface area contributed by atoms with Crippen LogP contribution in [0.3, 0.4) is 0 Å². The Morgan fingerprint density at radius 1 is 0.500 bits per heavy atom. The van der Waals surface area contributed by atoms with E-state index in [1.54, 1.807) is 12.1 Å². The van der Waals surface area contributed by atoms with Crippen molar-refractivity contribution >= 4 is 22.1 Å². The van der Waals surface area contributed by atoms with Crippen LogP contribution >= 0.6 is 0 Å². The predicted molar refractivity (Wildman–Crippen MR) is 107 cm³/mol. The molecular weight excluding hydrogens is 358 g/mol. The van der Waals surface area contributed by atoms with Crippen molar-refractivity contribution < 1.29 is 25.5 Å². The lowest BCUT2D eigenvalue weighted by Gasteiger charge is -2.14. The molecule has 6 heteroatoms. The van der Waals surface area contributed by atoms with Gasteiger partial charge in [-0.05, 0) is 40.1 Å². The van der Waals surface area contributed by atoms with Crippen molar-refractivity contribution in [1.29, 1.82) is 0 Å². The van der Waals surface area contributed by atoms with Gasteiger partial charge in [0.05, 0.1) is 0 Å². The highest BCUT2D eigenvalue weighted by molar-refractivity contribution is 5.91. The largest absolute Gasteiger partial charge is 0.503 e. The van der Waals surface area contributed by atoms with Crippen molar-refractivity contribution in [3.05, 3.63) is 66.7 Å². The molecule has 6 nitrogen and oxygen atoms in total. The van der Waals surface area contributed by atoms with E-state index in [1.165, 1.54) is 0 Å². The third-order valence-corrected chi connectivity index (χ3v) is 4.59. The first-order chi connectivity index (χ1) is 13.5. The summed E-state index contributed by atoms with van der Waals surface area (Å²) in [4.78, 5) is 0. The Labute approximate surface area is 160 Å². The van der Waals surface area contributed by atoms with Gasteiger partial charge in [0.2, 0.25) is 17.2 Å². The molecule has 0 bridgehead atoms. The molecule has 0 radical (unpaired) electrons. The van der Waals surface area contributed by atoms with Crippen LogP contribution in [0, 0.1) is 0 Å². The Morgan fingerprint density at radius 2 is 1.07 bits per heavy atom. The molecule has 0 fully saturated rings. The fraction of sp³-hybridized carbons (Fsp3) is 0. The van der Waals surface area contributed by atoms with Crippen LogP contribution < -0.4 is 5.32 Å². The highest BCUT2D eigenvalue weighted by Gasteiger charge is 2.23. The summed E-state index contributed by atoms with van der Waals surface area (Å²) in [6.07, 6.45) is 0. The maximum atomic E-state index is 9.98. The summed E-state index contributed by atoms with van der Waals surface area (Å²) in [7, 11) is 0. The fourth-order valence-corrected chi connectivity index (χ4v) is 3.08. The molecule has 0 aliphatic heterocycles. The van der Waals surface area contributed by atoms with E-state index in [0.717, 1.165) is 21.9 Å². The molecule has 4 rings (SSSR count). The van der Waals surface area contributed by atoms with E-state index in [0.29, 0.717) is 5.69 Å². The predicted octanol–water partition coefficient (Wildman–Crippen LogP) is 4.78. The number of fused-ring (bicyclic) bond motifs is 1. The molecule has 0 aliphatic rings. The number of phenols is 5. The topological polar surface area (TPSA) is 113 Å². The van der Waals surface area contributed by atoms with Crippen molar-refractivity contribution in [2.45, 2.75) is 0 Å². The van der Waals surface area contributed by atoms with E-state index >= 15 is 0 Å². The van der Waals surface area contributed by atoms with Crippen LogP contribution in [0.5, 0.6) is 28.7 Å². The van der Waals surface area contributed by atoms with E-state index < -0.39 is 28.7 Å². The molecule has 0 unspecified atom stereocenters. The van der Waals surface area contributed by atoms with Crippen molar-refractivity contribution in [3.63, 3.8) is 0 Å². The van der Waals surface area contributed by atoms with Crippen molar-refractivity contribution in [3.8, 4) is 39.9 Å². The lowest BCUT2D eigenvalue weighted by molar-refractivity contribution is 0.330. The molecule has 0 saturated carbocycles. The van der Waals surface area contributed by atoms with Crippen LogP contribution in [-0.4, -0.2) is 25.5 Å². The van der Waals surface area contributed by atoms with E-state index in [9.17, 15) is 25.5 Å². The zero-order valence-corrected chi connectivity index (χ0v) is 14.6. The summed E-state index contributed by atoms with van der Waals surface area (Å²) in [5.74, 6) is -4.38. The maximum absolute atomic E-state index is 9.98. The molecular formula is C22H17NO5. The van der Waals surface area contributed by atoms with Gasteiger partial charge in [-0.2, -0.15) is 0 Å². The summed E-state index contributed by atoms with van der Waals surface area (Å²) >= 11 is 0. The quantitative estimate of drug-likeness (QED) is 0.227. The Bertz CT molecular complexity index is 1160. The molecule has 0 aromatic heterocycles. The van der Waals surface area contributed by atoms with Gasteiger partial charge in [-0.1, -0.05) is 48.5 Å². The minimum atomic E-state index is -0.993. The van der Waals surface area contributed by atoms with E-state index in [4.69, 9.17) is 0 Å². The fourth-order valence-electron chi connectivity index (χ4n) is 3.08. The van der Waals surface area contributed by atoms with Gasteiger partial charge in [-0.3, -0.25) is 0 Å². The zero-order valence-electron chi connectivity index (χ0n) is 14.6. The van der Waals surface area contributed by atoms with Crippen LogP contribution in [0.2, 0.25) is 0 Å². The van der Waals surface area contributed by atoms with E-state index in [1.807, 2.05) is 48.5 Å². The smallest absolute Gasteiger partial charge is 0.208 e. The molecule has 0 atom stereocenters. The number of nitrogens with one attached hydrogen (secondary N) is 1. The summed E-state index contributed by atoms with van der Waals surface area (Å²) < 4.78 is 0. The van der Waals surface area contributed by atoms with Crippen LogP contribution in [-0.2, 0) is 0 Å². The number of anilines is 2. The summed E-state index contributed by atoms with van der Waals surface area (Å²) in [5, 5.41) is 53.4. The number of benzene rings is 4. The second kappa shape index (κ2) is 6.59. The Kier molecular flexibility index (Phi) is 4.08. The molecule has 6 N–H and O–H groups in total. The molecule has 140 valence electrons. The van der Waals surface area contributed by atoms with Crippen molar-refractivity contribution in [2.75, 3.05) is 5.32 Å². The van der Waals surface area contributed by atoms with Gasteiger partial charge in [0.1, 0.15) is 5.69 Å². The SMILES string of the molecule is Oc1c(O)c(O)c(Nc2ccc3cc(-c4ccccc4)ccc3c2)c(O)c1O. The summed E-state index contributed by atoms with van der Waals surface area (Å²) in [6, 6.07) is 21.4. The highest BCUT2D eigenvalue weighted by Crippen LogP contribution is 2.54. The Balaban J connectivity index is 1.72. The average molecular weight is 375 g/mol. The maximum Gasteiger partial charge on any atom is 0.208 e. The first-order valence-corrected chi connectivity index (χ1v) is 8.50. The third-order valence-electron chi connectivity index (χ3n) is 4.59. The van der Waals surface area contributed by atoms with Gasteiger partial charge in [0.25, 0.3) is 0 Å². The minimum absolute atomic E-state index is 0.312. The molecule has 0 saturated heterocycles. The second-order valence-corrected chi connectivity index (χ2v) is 6.39. The van der Waals surface area contributed by atoms with Crippen molar-refractivity contribution in [2.24, 2.45) is 0 Å². The number of phenolic OH excluding ortho intramolecular Hbond substituents is 5. The highest BCUT2D eigenvalue weighted by atomic mass is 16.4. The van der Waals surface area contributed by atoms with Gasteiger partial charge in [-0.15, -0.1) is 0 Å². The molecule has 0 spiro atoms. The van der Waals surface area contributed by atoms with E-state index in [2.05, 4.69) is 11.4 Å². The molecule has 4 aromatic carbocycles. The molecule has 0 heterocycles. The summed E-state index contributed by atoms with van der Waals surface area (Å²) in [5.41, 5.74) is 2.39. The van der Waals surface area contributed by atoms with Gasteiger partial charge in [-0.25, -0.2) is 0 Å². The molecule has 0 amide bonds. The molecule has 4 aromatic rings. The average Bonchev–Trinajstić information content (AvgIpc) is 2.74. The number of rotatable bonds is 3. The molecule has 28 heavy (non-hydrogen) atoms. The van der Waals surface area contributed by atoms with Gasteiger partial charge < -0.3 is 30.8 Å². The minimum Gasteiger partial charge on any atom is -0.503 e. The lowest BCUT2D eigenvalue weighted by Crippen LogP contribution is -1.93. The number of hydrogen-bond acceptors (Lipinski definition) is 6. The normalized spacial score (nSPS) is 10.9. The number of aromatic hydroxyl groups is 5. The summed E-state index contributed by atoms with van der Waals surface area (Å²) in [6.45, 7) is 0. The van der Waals surface area contributed by atoms with Gasteiger partial charge in [0, 0.05) is 5.69 Å². The zero-order chi connectivity index (χ0) is 19.8. The standard InChI is InChI=1S/C22H17NO5/c24-18-17(19(25)21(27)22(28)20(18)26)23-16-9-8-14-10-13(6-7-15(14)11-16)12-4-2-1-3-5-12/h1-11,23-28H. The third kappa shape index (κ3) is 2.87. The second-order valence-electron chi connectivity index (χ2n) is 6.39. The van der Waals surface area contributed by atoms with E-state index in [-0.39, 0.29) is 5.69 Å². The Morgan fingerprint density at radius 3 is 1.75 bits per heavy atom. The lowest BCUT2D eigenvalue weighted by atomic mass is 10.0. The monoisotopic (exact) mass is 375 g/mol. The van der Waals surface area contributed by atoms with Crippen LogP contribution in [0.25, 0.3) is 21.9 Å². The van der Waals surface area contributed by atoms with Crippen molar-refractivity contribution in [1.82, 2.24) is 0 Å². The first-order valence-electron chi connectivity index (χ1n) is 8.50. The Hall–Kier alpha value is -4.06. The first kappa shape index (κ1) is 17.4. The molecule has 0 aliphatic carbocycles.